The Hall–Kier alpha value is -3.43. The summed E-state index contributed by atoms with van der Waals surface area (Å²) in [6.07, 6.45) is 8.01. The van der Waals surface area contributed by atoms with Gasteiger partial charge in [-0.3, -0.25) is 9.59 Å². The molecule has 2 bridgehead atoms. The highest BCUT2D eigenvalue weighted by Gasteiger charge is 2.68. The Morgan fingerprint density at radius 3 is 2.53 bits per heavy atom. The zero-order chi connectivity index (χ0) is 33.9. The van der Waals surface area contributed by atoms with E-state index in [2.05, 4.69) is 33.0 Å². The van der Waals surface area contributed by atoms with Crippen molar-refractivity contribution in [1.29, 1.82) is 0 Å². The van der Waals surface area contributed by atoms with Gasteiger partial charge in [-0.05, 0) is 68.4 Å². The lowest BCUT2D eigenvalue weighted by atomic mass is 9.43. The summed E-state index contributed by atoms with van der Waals surface area (Å²) in [5.74, 6) is 1.40. The third-order valence-corrected chi connectivity index (χ3v) is 12.9. The molecule has 3 aromatic rings. The molecule has 6 aliphatic rings. The summed E-state index contributed by atoms with van der Waals surface area (Å²) in [7, 11) is -0.505. The molecule has 8 nitrogen and oxygen atoms in total. The minimum absolute atomic E-state index is 0.0457. The minimum Gasteiger partial charge on any atom is -0.488 e. The highest BCUT2D eigenvalue weighted by molar-refractivity contribution is 6.47. The molecule has 258 valence electrons. The van der Waals surface area contributed by atoms with Crippen molar-refractivity contribution in [3.63, 3.8) is 0 Å². The van der Waals surface area contributed by atoms with Crippen LogP contribution in [0.3, 0.4) is 0 Å². The number of rotatable bonds is 8. The highest BCUT2D eigenvalue weighted by atomic mass is 16.7. The number of aromatic nitrogens is 1. The van der Waals surface area contributed by atoms with Gasteiger partial charge in [0.15, 0.2) is 0 Å². The average Bonchev–Trinajstić information content (AvgIpc) is 3.71. The Morgan fingerprint density at radius 2 is 1.78 bits per heavy atom. The summed E-state index contributed by atoms with van der Waals surface area (Å²) >= 11 is 0. The molecule has 1 unspecified atom stereocenters. The number of pyridine rings is 1. The molecule has 9 heteroatoms. The first-order chi connectivity index (χ1) is 23.7. The number of carbonyl (C=O) groups is 2. The van der Waals surface area contributed by atoms with E-state index in [1.54, 1.807) is 0 Å². The first kappa shape index (κ1) is 32.8. The van der Waals surface area contributed by atoms with Crippen LogP contribution in [-0.2, 0) is 18.9 Å². The number of ether oxygens (including phenoxy) is 1. The second-order valence-electron chi connectivity index (χ2n) is 16.1. The summed E-state index contributed by atoms with van der Waals surface area (Å²) in [5, 5.41) is 4.23. The van der Waals surface area contributed by atoms with Gasteiger partial charge < -0.3 is 24.3 Å². The predicted octanol–water partition coefficient (Wildman–Crippen LogP) is 6.99. The fourth-order valence-corrected chi connectivity index (χ4v) is 9.85. The van der Waals surface area contributed by atoms with Crippen molar-refractivity contribution in [2.45, 2.75) is 115 Å². The maximum absolute atomic E-state index is 14.3. The third-order valence-electron chi connectivity index (χ3n) is 12.9. The SMILES string of the molecule is CC[C@H](NC(=O)[C@@H]1C[C@@H](Oc2cc(-c3ccccc3)nc3ccccc23)CN1C(=O)C1CCCCC1)B1OC2C[C@H]3C[C@H](C3(C)C)[C@]2(C)O1. The topological polar surface area (TPSA) is 90.0 Å². The van der Waals surface area contributed by atoms with Gasteiger partial charge in [-0.2, -0.15) is 0 Å². The van der Waals surface area contributed by atoms with Crippen molar-refractivity contribution < 1.29 is 23.6 Å². The fourth-order valence-electron chi connectivity index (χ4n) is 9.85. The molecule has 2 aromatic carbocycles. The van der Waals surface area contributed by atoms with Crippen molar-refractivity contribution in [3.05, 3.63) is 60.7 Å². The largest absolute Gasteiger partial charge is 0.488 e. The van der Waals surface area contributed by atoms with Crippen LogP contribution in [0.25, 0.3) is 22.2 Å². The van der Waals surface area contributed by atoms with Crippen LogP contribution < -0.4 is 10.1 Å². The van der Waals surface area contributed by atoms with Crippen molar-refractivity contribution in [2.75, 3.05) is 6.54 Å². The summed E-state index contributed by atoms with van der Waals surface area (Å²) in [6, 6.07) is 19.4. The van der Waals surface area contributed by atoms with Gasteiger partial charge in [0.2, 0.25) is 11.8 Å². The van der Waals surface area contributed by atoms with Crippen molar-refractivity contribution in [3.8, 4) is 17.0 Å². The van der Waals surface area contributed by atoms with Crippen molar-refractivity contribution in [1.82, 2.24) is 15.2 Å². The van der Waals surface area contributed by atoms with Crippen molar-refractivity contribution in [2.24, 2.45) is 23.2 Å². The van der Waals surface area contributed by atoms with Crippen LogP contribution >= 0.6 is 0 Å². The Morgan fingerprint density at radius 1 is 1.02 bits per heavy atom. The number of hydrogen-bond donors (Lipinski definition) is 1. The van der Waals surface area contributed by atoms with E-state index >= 15 is 0 Å². The van der Waals surface area contributed by atoms with Gasteiger partial charge in [0.05, 0.1) is 35.4 Å². The molecule has 6 fully saturated rings. The van der Waals surface area contributed by atoms with E-state index in [0.29, 0.717) is 31.2 Å². The van der Waals surface area contributed by atoms with E-state index in [0.717, 1.165) is 66.4 Å². The van der Waals surface area contributed by atoms with E-state index in [1.807, 2.05) is 65.6 Å². The van der Waals surface area contributed by atoms with Gasteiger partial charge in [-0.1, -0.05) is 82.5 Å². The average molecular weight is 664 g/mol. The molecule has 3 heterocycles. The maximum atomic E-state index is 14.3. The molecular formula is C40H50BN3O5. The van der Waals surface area contributed by atoms with E-state index in [-0.39, 0.29) is 46.9 Å². The molecule has 4 aliphatic carbocycles. The Labute approximate surface area is 290 Å². The molecule has 2 aliphatic heterocycles. The van der Waals surface area contributed by atoms with Gasteiger partial charge in [0, 0.05) is 29.4 Å². The number of nitrogens with zero attached hydrogens (tertiary/aromatic N) is 2. The molecule has 1 aromatic heterocycles. The molecule has 2 amide bonds. The van der Waals surface area contributed by atoms with Gasteiger partial charge in [-0.25, -0.2) is 4.98 Å². The first-order valence-corrected chi connectivity index (χ1v) is 18.7. The monoisotopic (exact) mass is 663 g/mol. The second kappa shape index (κ2) is 12.7. The molecule has 4 saturated carbocycles. The van der Waals surface area contributed by atoms with Gasteiger partial charge in [0.25, 0.3) is 0 Å². The number of carbonyl (C=O) groups excluding carboxylic acids is 2. The van der Waals surface area contributed by atoms with Crippen LogP contribution in [-0.4, -0.2) is 65.2 Å². The van der Waals surface area contributed by atoms with Gasteiger partial charge in [0.1, 0.15) is 17.9 Å². The summed E-state index contributed by atoms with van der Waals surface area (Å²) < 4.78 is 20.1. The zero-order valence-electron chi connectivity index (χ0n) is 29.4. The van der Waals surface area contributed by atoms with E-state index < -0.39 is 13.2 Å². The zero-order valence-corrected chi connectivity index (χ0v) is 29.4. The van der Waals surface area contributed by atoms with Crippen LogP contribution in [0, 0.1) is 23.2 Å². The van der Waals surface area contributed by atoms with Gasteiger partial charge >= 0.3 is 7.12 Å². The highest BCUT2D eigenvalue weighted by Crippen LogP contribution is 2.65. The summed E-state index contributed by atoms with van der Waals surface area (Å²) in [5.41, 5.74) is 2.58. The lowest BCUT2D eigenvalue weighted by Gasteiger charge is -2.64. The number of para-hydroxylation sites is 1. The molecular weight excluding hydrogens is 613 g/mol. The quantitative estimate of drug-likeness (QED) is 0.262. The van der Waals surface area contributed by atoms with Crippen LogP contribution in [0.5, 0.6) is 5.75 Å². The fraction of sp³-hybridized carbons (Fsp3) is 0.575. The van der Waals surface area contributed by atoms with Crippen LogP contribution in [0.2, 0.25) is 0 Å². The lowest BCUT2D eigenvalue weighted by Crippen LogP contribution is -2.65. The lowest BCUT2D eigenvalue weighted by molar-refractivity contribution is -0.199. The normalized spacial score (nSPS) is 31.2. The number of nitrogens with one attached hydrogen (secondary N) is 1. The first-order valence-electron chi connectivity index (χ1n) is 18.7. The number of hydrogen-bond acceptors (Lipinski definition) is 6. The smallest absolute Gasteiger partial charge is 0.481 e. The van der Waals surface area contributed by atoms with Crippen LogP contribution in [0.15, 0.2) is 60.7 Å². The van der Waals surface area contributed by atoms with Crippen LogP contribution in [0.1, 0.15) is 85.5 Å². The summed E-state index contributed by atoms with van der Waals surface area (Å²) in [6.45, 7) is 9.36. The van der Waals surface area contributed by atoms with E-state index in [4.69, 9.17) is 19.0 Å². The molecule has 0 radical (unpaired) electrons. The number of likely N-dealkylation sites (tertiary alicyclic amines) is 1. The van der Waals surface area contributed by atoms with Crippen LogP contribution in [0.4, 0.5) is 0 Å². The minimum atomic E-state index is -0.624. The van der Waals surface area contributed by atoms with E-state index in [1.165, 1.54) is 6.42 Å². The number of amides is 2. The molecule has 9 rings (SSSR count). The Bertz CT molecular complexity index is 1710. The Kier molecular flexibility index (Phi) is 8.50. The van der Waals surface area contributed by atoms with Crippen molar-refractivity contribution >= 4 is 29.8 Å². The second-order valence-corrected chi connectivity index (χ2v) is 16.1. The molecule has 2 saturated heterocycles. The van der Waals surface area contributed by atoms with E-state index in [9.17, 15) is 9.59 Å². The standard InChI is InChI=1S/C40H50BN3O5/c1-5-36(41-48-35-21-27-20-34(39(27,2)3)40(35,4)49-41)43-37(45)32-22-28(24-44(32)38(46)26-16-10-7-11-17-26)47-33-23-31(25-14-8-6-9-15-25)42-30-19-13-12-18-29(30)33/h6,8-9,12-15,18-19,23,26-28,32,34-36H,5,7,10-11,16-17,20-22,24H2,1-4H3,(H,43,45)/t27-,28-,32+,34-,35?,36+,40+/m1/s1. The number of fused-ring (bicyclic) bond motifs is 1. The maximum Gasteiger partial charge on any atom is 0.481 e. The molecule has 1 N–H and O–H groups in total. The van der Waals surface area contributed by atoms with Gasteiger partial charge in [-0.15, -0.1) is 0 Å². The summed E-state index contributed by atoms with van der Waals surface area (Å²) in [4.78, 5) is 35.2. The third kappa shape index (κ3) is 5.75. The molecule has 7 atom stereocenters. The predicted molar refractivity (Wildman–Crippen MR) is 191 cm³/mol. The molecule has 49 heavy (non-hydrogen) atoms. The Balaban J connectivity index is 1.03. The number of benzene rings is 2. The molecule has 0 spiro atoms.